The lowest BCUT2D eigenvalue weighted by atomic mass is 9.95. The topological polar surface area (TPSA) is 88.5 Å². The number of carbonyl (C=O) groups is 2. The summed E-state index contributed by atoms with van der Waals surface area (Å²) in [6, 6.07) is 19.3. The Kier molecular flexibility index (Phi) is 9.11. The van der Waals surface area contributed by atoms with Crippen molar-refractivity contribution in [1.29, 1.82) is 0 Å². The largest absolute Gasteiger partial charge is 0.507 e. The Labute approximate surface area is 235 Å². The first-order chi connectivity index (χ1) is 19.2. The highest BCUT2D eigenvalue weighted by Crippen LogP contribution is 2.42. The van der Waals surface area contributed by atoms with Crippen LogP contribution in [0.5, 0.6) is 17.2 Å². The zero-order valence-electron chi connectivity index (χ0n) is 23.6. The first kappa shape index (κ1) is 28.7. The van der Waals surface area contributed by atoms with Gasteiger partial charge in [-0.25, -0.2) is 0 Å². The number of ether oxygens (including phenoxy) is 3. The van der Waals surface area contributed by atoms with E-state index in [0.717, 1.165) is 17.7 Å². The molecule has 1 N–H and O–H groups in total. The molecule has 3 aromatic rings. The zero-order valence-corrected chi connectivity index (χ0v) is 23.6. The number of methoxy groups -OCH3 is 2. The van der Waals surface area contributed by atoms with E-state index in [1.165, 1.54) is 12.0 Å². The maximum atomic E-state index is 13.3. The number of rotatable bonds is 11. The minimum absolute atomic E-state index is 0.0376. The van der Waals surface area contributed by atoms with Gasteiger partial charge >= 0.3 is 0 Å². The van der Waals surface area contributed by atoms with Gasteiger partial charge in [-0.15, -0.1) is 0 Å². The van der Waals surface area contributed by atoms with Crippen LogP contribution in [0.4, 0.5) is 0 Å². The summed E-state index contributed by atoms with van der Waals surface area (Å²) in [6.45, 7) is 3.54. The molecule has 8 nitrogen and oxygen atoms in total. The lowest BCUT2D eigenvalue weighted by Gasteiger charge is -2.26. The van der Waals surface area contributed by atoms with E-state index in [1.54, 1.807) is 49.6 Å². The Hall–Kier alpha value is -4.30. The zero-order chi connectivity index (χ0) is 28.8. The fourth-order valence-corrected chi connectivity index (χ4v) is 4.84. The summed E-state index contributed by atoms with van der Waals surface area (Å²) < 4.78 is 16.8. The van der Waals surface area contributed by atoms with Crippen LogP contribution in [0.25, 0.3) is 5.76 Å². The number of aliphatic hydroxyl groups is 1. The van der Waals surface area contributed by atoms with Crippen molar-refractivity contribution in [2.75, 3.05) is 41.4 Å². The SMILES string of the molecule is COc1ccc([C@H]2/C(=C(\O)c3ccc(OCc4ccccc4C)cc3)C(=O)C(=O)N2CCCN(C)C)cc1OC. The van der Waals surface area contributed by atoms with Gasteiger partial charge < -0.3 is 29.1 Å². The molecule has 8 heteroatoms. The van der Waals surface area contributed by atoms with Crippen LogP contribution in [-0.4, -0.2) is 68.0 Å². The fraction of sp³-hybridized carbons (Fsp3) is 0.312. The second kappa shape index (κ2) is 12.7. The Morgan fingerprint density at radius 1 is 0.950 bits per heavy atom. The van der Waals surface area contributed by atoms with Gasteiger partial charge in [-0.05, 0) is 87.1 Å². The van der Waals surface area contributed by atoms with Crippen molar-refractivity contribution in [3.63, 3.8) is 0 Å². The molecule has 0 spiro atoms. The predicted molar refractivity (Wildman–Crippen MR) is 154 cm³/mol. The van der Waals surface area contributed by atoms with Gasteiger partial charge in [0.15, 0.2) is 11.5 Å². The van der Waals surface area contributed by atoms with Crippen molar-refractivity contribution in [3.8, 4) is 17.2 Å². The van der Waals surface area contributed by atoms with Crippen LogP contribution in [0, 0.1) is 6.92 Å². The Bertz CT molecular complexity index is 1400. The van der Waals surface area contributed by atoms with Crippen LogP contribution in [0.3, 0.4) is 0 Å². The van der Waals surface area contributed by atoms with Crippen LogP contribution in [0.2, 0.25) is 0 Å². The van der Waals surface area contributed by atoms with Gasteiger partial charge in [0, 0.05) is 12.1 Å². The molecule has 1 amide bonds. The molecule has 1 heterocycles. The third-order valence-electron chi connectivity index (χ3n) is 7.05. The third-order valence-corrected chi connectivity index (χ3v) is 7.05. The van der Waals surface area contributed by atoms with E-state index in [1.807, 2.05) is 50.2 Å². The number of Topliss-reactive ketones (excluding diaryl/α,β-unsaturated/α-hetero) is 1. The Morgan fingerprint density at radius 3 is 2.30 bits per heavy atom. The lowest BCUT2D eigenvalue weighted by Crippen LogP contribution is -2.32. The quantitative estimate of drug-likeness (QED) is 0.207. The van der Waals surface area contributed by atoms with Crippen LogP contribution in [-0.2, 0) is 16.2 Å². The number of aryl methyl sites for hydroxylation is 1. The molecule has 0 saturated carbocycles. The van der Waals surface area contributed by atoms with E-state index in [2.05, 4.69) is 0 Å². The highest BCUT2D eigenvalue weighted by Gasteiger charge is 2.46. The second-order valence-corrected chi connectivity index (χ2v) is 10.0. The molecular weight excluding hydrogens is 508 g/mol. The molecule has 0 aromatic heterocycles. The minimum Gasteiger partial charge on any atom is -0.507 e. The van der Waals surface area contributed by atoms with Crippen LogP contribution >= 0.6 is 0 Å². The number of aliphatic hydroxyl groups excluding tert-OH is 1. The highest BCUT2D eigenvalue weighted by molar-refractivity contribution is 6.46. The van der Waals surface area contributed by atoms with Crippen molar-refractivity contribution in [2.45, 2.75) is 26.0 Å². The molecule has 3 aromatic carbocycles. The van der Waals surface area contributed by atoms with E-state index in [-0.39, 0.29) is 11.3 Å². The van der Waals surface area contributed by atoms with E-state index in [9.17, 15) is 14.7 Å². The molecule has 1 atom stereocenters. The predicted octanol–water partition coefficient (Wildman–Crippen LogP) is 4.96. The summed E-state index contributed by atoms with van der Waals surface area (Å²) in [4.78, 5) is 30.1. The standard InChI is InChI=1S/C32H36N2O6/c1-21-9-6-7-10-24(21)20-40-25-14-11-22(12-15-25)30(35)28-29(23-13-16-26(38-4)27(19-23)39-5)34(32(37)31(28)36)18-8-17-33(2)3/h6-7,9-16,19,29,35H,8,17-18,20H2,1-5H3/b30-28+/t29-/m0/s1. The van der Waals surface area contributed by atoms with Gasteiger partial charge in [-0.1, -0.05) is 30.3 Å². The van der Waals surface area contributed by atoms with Crippen molar-refractivity contribution >= 4 is 17.4 Å². The lowest BCUT2D eigenvalue weighted by molar-refractivity contribution is -0.139. The van der Waals surface area contributed by atoms with Gasteiger partial charge in [-0.3, -0.25) is 9.59 Å². The molecule has 4 rings (SSSR count). The van der Waals surface area contributed by atoms with Gasteiger partial charge in [-0.2, -0.15) is 0 Å². The molecule has 0 unspecified atom stereocenters. The number of amides is 1. The number of hydrogen-bond acceptors (Lipinski definition) is 7. The first-order valence-electron chi connectivity index (χ1n) is 13.2. The molecule has 40 heavy (non-hydrogen) atoms. The summed E-state index contributed by atoms with van der Waals surface area (Å²) in [5.74, 6) is 0.0190. The number of ketones is 1. The smallest absolute Gasteiger partial charge is 0.295 e. The summed E-state index contributed by atoms with van der Waals surface area (Å²) in [5, 5.41) is 11.4. The van der Waals surface area contributed by atoms with Gasteiger partial charge in [0.2, 0.25) is 0 Å². The average Bonchev–Trinajstić information content (AvgIpc) is 3.21. The normalized spacial score (nSPS) is 16.4. The summed E-state index contributed by atoms with van der Waals surface area (Å²) in [7, 11) is 6.97. The van der Waals surface area contributed by atoms with E-state index in [0.29, 0.717) is 47.9 Å². The van der Waals surface area contributed by atoms with E-state index in [4.69, 9.17) is 14.2 Å². The maximum Gasteiger partial charge on any atom is 0.295 e. The molecule has 1 aliphatic rings. The molecule has 0 radical (unpaired) electrons. The van der Waals surface area contributed by atoms with Gasteiger partial charge in [0.05, 0.1) is 25.8 Å². The molecule has 1 aliphatic heterocycles. The third kappa shape index (κ3) is 6.13. The number of carbonyl (C=O) groups excluding carboxylic acids is 2. The number of hydrogen-bond donors (Lipinski definition) is 1. The van der Waals surface area contributed by atoms with Crippen LogP contribution < -0.4 is 14.2 Å². The average molecular weight is 545 g/mol. The summed E-state index contributed by atoms with van der Waals surface area (Å²) >= 11 is 0. The van der Waals surface area contributed by atoms with Crippen LogP contribution in [0.1, 0.15) is 34.7 Å². The van der Waals surface area contributed by atoms with Crippen molar-refractivity contribution in [2.24, 2.45) is 0 Å². The second-order valence-electron chi connectivity index (χ2n) is 10.0. The Morgan fingerprint density at radius 2 is 1.65 bits per heavy atom. The van der Waals surface area contributed by atoms with Gasteiger partial charge in [0.1, 0.15) is 18.1 Å². The van der Waals surface area contributed by atoms with Crippen molar-refractivity contribution < 1.29 is 28.9 Å². The van der Waals surface area contributed by atoms with Gasteiger partial charge in [0.25, 0.3) is 11.7 Å². The number of nitrogens with zero attached hydrogens (tertiary/aromatic N) is 2. The molecule has 210 valence electrons. The molecule has 0 aliphatic carbocycles. The molecule has 0 bridgehead atoms. The highest BCUT2D eigenvalue weighted by atomic mass is 16.5. The number of likely N-dealkylation sites (tertiary alicyclic amines) is 1. The first-order valence-corrected chi connectivity index (χ1v) is 13.2. The summed E-state index contributed by atoms with van der Waals surface area (Å²) in [5.41, 5.74) is 3.32. The van der Waals surface area contributed by atoms with Crippen LogP contribution in [0.15, 0.2) is 72.3 Å². The summed E-state index contributed by atoms with van der Waals surface area (Å²) in [6.07, 6.45) is 0.663. The number of benzene rings is 3. The molecule has 1 saturated heterocycles. The Balaban J connectivity index is 1.68. The van der Waals surface area contributed by atoms with E-state index < -0.39 is 17.7 Å². The fourth-order valence-electron chi connectivity index (χ4n) is 4.84. The molecular formula is C32H36N2O6. The minimum atomic E-state index is -0.779. The maximum absolute atomic E-state index is 13.3. The monoisotopic (exact) mass is 544 g/mol. The molecule has 1 fully saturated rings. The van der Waals surface area contributed by atoms with Crippen molar-refractivity contribution in [1.82, 2.24) is 9.80 Å². The van der Waals surface area contributed by atoms with E-state index >= 15 is 0 Å². The van der Waals surface area contributed by atoms with Crippen molar-refractivity contribution in [3.05, 3.63) is 94.6 Å².